The zero-order chi connectivity index (χ0) is 8.97. The minimum absolute atomic E-state index is 0.738. The van der Waals surface area contributed by atoms with E-state index in [1.54, 1.807) is 0 Å². The van der Waals surface area contributed by atoms with Gasteiger partial charge >= 0.3 is 0 Å². The molecule has 1 heterocycles. The average Bonchev–Trinajstić information content (AvgIpc) is 2.51. The first-order chi connectivity index (χ1) is 5.75. The molecule has 1 N–H and O–H groups in total. The fourth-order valence-electron chi connectivity index (χ4n) is 1.92. The summed E-state index contributed by atoms with van der Waals surface area (Å²) < 4.78 is 0. The molecule has 0 saturated carbocycles. The minimum Gasteiger partial charge on any atom is -0.313 e. The van der Waals surface area contributed by atoms with E-state index in [4.69, 9.17) is 0 Å². The van der Waals surface area contributed by atoms with Crippen LogP contribution in [0.4, 0.5) is 0 Å². The van der Waals surface area contributed by atoms with E-state index in [0.717, 1.165) is 23.8 Å². The second kappa shape index (κ2) is 5.13. The van der Waals surface area contributed by atoms with Crippen molar-refractivity contribution >= 4 is 11.8 Å². The lowest BCUT2D eigenvalue weighted by Gasteiger charge is -2.27. The van der Waals surface area contributed by atoms with Gasteiger partial charge in [0.2, 0.25) is 0 Å². The van der Waals surface area contributed by atoms with E-state index < -0.39 is 0 Å². The summed E-state index contributed by atoms with van der Waals surface area (Å²) >= 11 is 2.16. The quantitative estimate of drug-likeness (QED) is 0.726. The van der Waals surface area contributed by atoms with E-state index in [1.807, 2.05) is 0 Å². The van der Waals surface area contributed by atoms with E-state index in [1.165, 1.54) is 18.6 Å². The number of nitrogens with one attached hydrogen (secondary N) is 1. The highest BCUT2D eigenvalue weighted by atomic mass is 32.2. The standard InChI is InChI=1S/C10H21NS/c1-4-11-10(8(2)3)9-6-5-7-12-9/h8-11H,4-7H2,1-3H3. The Morgan fingerprint density at radius 1 is 1.50 bits per heavy atom. The molecular weight excluding hydrogens is 166 g/mol. The van der Waals surface area contributed by atoms with Crippen molar-refractivity contribution in [1.29, 1.82) is 0 Å². The summed E-state index contributed by atoms with van der Waals surface area (Å²) in [4.78, 5) is 0. The Bertz CT molecular complexity index is 119. The summed E-state index contributed by atoms with van der Waals surface area (Å²) in [6.45, 7) is 7.97. The van der Waals surface area contributed by atoms with E-state index in [0.29, 0.717) is 0 Å². The molecule has 2 unspecified atom stereocenters. The maximum absolute atomic E-state index is 3.60. The normalized spacial score (nSPS) is 26.5. The van der Waals surface area contributed by atoms with E-state index in [2.05, 4.69) is 37.8 Å². The van der Waals surface area contributed by atoms with Crippen molar-refractivity contribution in [2.45, 2.75) is 44.9 Å². The van der Waals surface area contributed by atoms with Gasteiger partial charge in [-0.3, -0.25) is 0 Å². The summed E-state index contributed by atoms with van der Waals surface area (Å²) in [5.74, 6) is 2.15. The fourth-order valence-corrected chi connectivity index (χ4v) is 3.51. The smallest absolute Gasteiger partial charge is 0.0209 e. The average molecular weight is 187 g/mol. The monoisotopic (exact) mass is 187 g/mol. The SMILES string of the molecule is CCNC(C(C)C)C1CCCS1. The van der Waals surface area contributed by atoms with Crippen LogP contribution < -0.4 is 5.32 Å². The van der Waals surface area contributed by atoms with Crippen LogP contribution in [0.1, 0.15) is 33.6 Å². The lowest BCUT2D eigenvalue weighted by atomic mass is 9.98. The Kier molecular flexibility index (Phi) is 4.44. The summed E-state index contributed by atoms with van der Waals surface area (Å²) in [6, 6.07) is 0.738. The Labute approximate surface area is 80.7 Å². The van der Waals surface area contributed by atoms with Gasteiger partial charge in [-0.05, 0) is 31.1 Å². The number of rotatable bonds is 4. The Hall–Kier alpha value is 0.310. The zero-order valence-corrected chi connectivity index (χ0v) is 9.29. The molecule has 12 heavy (non-hydrogen) atoms. The van der Waals surface area contributed by atoms with Crippen molar-refractivity contribution < 1.29 is 0 Å². The Morgan fingerprint density at radius 2 is 2.25 bits per heavy atom. The molecule has 1 aliphatic heterocycles. The molecule has 0 aromatic heterocycles. The van der Waals surface area contributed by atoms with E-state index in [-0.39, 0.29) is 0 Å². The van der Waals surface area contributed by atoms with Crippen molar-refractivity contribution in [1.82, 2.24) is 5.32 Å². The molecule has 72 valence electrons. The van der Waals surface area contributed by atoms with E-state index in [9.17, 15) is 0 Å². The van der Waals surface area contributed by atoms with Gasteiger partial charge in [0.05, 0.1) is 0 Å². The number of thioether (sulfide) groups is 1. The highest BCUT2D eigenvalue weighted by molar-refractivity contribution is 8.00. The Balaban J connectivity index is 2.40. The molecular formula is C10H21NS. The van der Waals surface area contributed by atoms with Crippen molar-refractivity contribution in [3.63, 3.8) is 0 Å². The first-order valence-corrected chi connectivity index (χ1v) is 6.15. The molecule has 1 rings (SSSR count). The van der Waals surface area contributed by atoms with Crippen molar-refractivity contribution in [2.75, 3.05) is 12.3 Å². The lowest BCUT2D eigenvalue weighted by Crippen LogP contribution is -2.41. The minimum atomic E-state index is 0.738. The second-order valence-corrected chi connectivity index (χ2v) is 5.23. The van der Waals surface area contributed by atoms with Crippen LogP contribution in [0, 0.1) is 5.92 Å². The van der Waals surface area contributed by atoms with Crippen LogP contribution in [-0.2, 0) is 0 Å². The molecule has 0 aromatic carbocycles. The van der Waals surface area contributed by atoms with Gasteiger partial charge in [-0.2, -0.15) is 11.8 Å². The van der Waals surface area contributed by atoms with Crippen LogP contribution in [-0.4, -0.2) is 23.6 Å². The van der Waals surface area contributed by atoms with Gasteiger partial charge in [0.1, 0.15) is 0 Å². The molecule has 1 nitrogen and oxygen atoms in total. The molecule has 1 fully saturated rings. The zero-order valence-electron chi connectivity index (χ0n) is 8.47. The molecule has 0 aromatic rings. The molecule has 2 atom stereocenters. The van der Waals surface area contributed by atoms with E-state index >= 15 is 0 Å². The van der Waals surface area contributed by atoms with Crippen LogP contribution in [0.2, 0.25) is 0 Å². The molecule has 0 spiro atoms. The van der Waals surface area contributed by atoms with Gasteiger partial charge in [-0.15, -0.1) is 0 Å². The highest BCUT2D eigenvalue weighted by Crippen LogP contribution is 2.31. The fraction of sp³-hybridized carbons (Fsp3) is 1.00. The van der Waals surface area contributed by atoms with Crippen molar-refractivity contribution in [2.24, 2.45) is 5.92 Å². The van der Waals surface area contributed by atoms with Crippen LogP contribution in [0.25, 0.3) is 0 Å². The second-order valence-electron chi connectivity index (χ2n) is 3.88. The third-order valence-electron chi connectivity index (χ3n) is 2.52. The summed E-state index contributed by atoms with van der Waals surface area (Å²) in [5.41, 5.74) is 0. The third-order valence-corrected chi connectivity index (χ3v) is 4.00. The van der Waals surface area contributed by atoms with Crippen LogP contribution in [0.5, 0.6) is 0 Å². The van der Waals surface area contributed by atoms with Gasteiger partial charge in [-0.1, -0.05) is 20.8 Å². The highest BCUT2D eigenvalue weighted by Gasteiger charge is 2.26. The number of hydrogen-bond acceptors (Lipinski definition) is 2. The van der Waals surface area contributed by atoms with Gasteiger partial charge in [0.15, 0.2) is 0 Å². The van der Waals surface area contributed by atoms with Crippen molar-refractivity contribution in [3.8, 4) is 0 Å². The summed E-state index contributed by atoms with van der Waals surface area (Å²) in [7, 11) is 0. The maximum Gasteiger partial charge on any atom is 0.0209 e. The molecule has 2 heteroatoms. The van der Waals surface area contributed by atoms with Gasteiger partial charge in [0.25, 0.3) is 0 Å². The predicted octanol–water partition coefficient (Wildman–Crippen LogP) is 2.52. The Morgan fingerprint density at radius 3 is 2.67 bits per heavy atom. The molecule has 0 aliphatic carbocycles. The summed E-state index contributed by atoms with van der Waals surface area (Å²) in [5, 5.41) is 4.48. The molecule has 1 aliphatic rings. The van der Waals surface area contributed by atoms with Crippen LogP contribution >= 0.6 is 11.8 Å². The molecule has 0 radical (unpaired) electrons. The van der Waals surface area contributed by atoms with Gasteiger partial charge in [0, 0.05) is 11.3 Å². The molecule has 0 bridgehead atoms. The lowest BCUT2D eigenvalue weighted by molar-refractivity contribution is 0.391. The maximum atomic E-state index is 3.60. The van der Waals surface area contributed by atoms with Crippen LogP contribution in [0.3, 0.4) is 0 Å². The topological polar surface area (TPSA) is 12.0 Å². The van der Waals surface area contributed by atoms with Gasteiger partial charge < -0.3 is 5.32 Å². The first-order valence-electron chi connectivity index (χ1n) is 5.10. The van der Waals surface area contributed by atoms with Crippen molar-refractivity contribution in [3.05, 3.63) is 0 Å². The first kappa shape index (κ1) is 10.4. The third kappa shape index (κ3) is 2.67. The largest absolute Gasteiger partial charge is 0.313 e. The molecule has 1 saturated heterocycles. The summed E-state index contributed by atoms with van der Waals surface area (Å²) in [6.07, 6.45) is 2.84. The predicted molar refractivity (Wildman–Crippen MR) is 57.8 cm³/mol. The molecule has 0 amide bonds. The number of hydrogen-bond donors (Lipinski definition) is 1. The van der Waals surface area contributed by atoms with Crippen LogP contribution in [0.15, 0.2) is 0 Å². The van der Waals surface area contributed by atoms with Gasteiger partial charge in [-0.25, -0.2) is 0 Å².